The van der Waals surface area contributed by atoms with Gasteiger partial charge in [-0.05, 0) is 25.3 Å². The van der Waals surface area contributed by atoms with Crippen molar-refractivity contribution in [2.75, 3.05) is 0 Å². The van der Waals surface area contributed by atoms with Crippen LogP contribution in [0, 0.1) is 13.8 Å². The quantitative estimate of drug-likeness (QED) is 0.804. The molecule has 0 amide bonds. The summed E-state index contributed by atoms with van der Waals surface area (Å²) in [5, 5.41) is 5.62. The second-order valence-corrected chi connectivity index (χ2v) is 6.25. The highest BCUT2D eigenvalue weighted by Crippen LogP contribution is 2.32. The zero-order chi connectivity index (χ0) is 15.0. The molecule has 2 heterocycles. The zero-order valence-corrected chi connectivity index (χ0v) is 13.3. The van der Waals surface area contributed by atoms with Crippen LogP contribution in [-0.2, 0) is 20.2 Å². The van der Waals surface area contributed by atoms with E-state index in [1.54, 1.807) is 11.3 Å². The van der Waals surface area contributed by atoms with E-state index in [1.807, 2.05) is 25.6 Å². The van der Waals surface area contributed by atoms with Crippen molar-refractivity contribution in [1.82, 2.24) is 9.78 Å². The Morgan fingerprint density at radius 3 is 2.71 bits per heavy atom. The number of hydrogen-bond acceptors (Lipinski definition) is 4. The molecule has 0 spiro atoms. The van der Waals surface area contributed by atoms with Gasteiger partial charge in [-0.25, -0.2) is 0 Å². The molecule has 110 valence electrons. The third kappa shape index (κ3) is 2.43. The Bertz CT molecular complexity index is 788. The first-order chi connectivity index (χ1) is 10.1. The number of nitrogens with two attached hydrogens (primary N) is 1. The van der Waals surface area contributed by atoms with Crippen LogP contribution in [0.1, 0.15) is 21.8 Å². The zero-order valence-electron chi connectivity index (χ0n) is 12.5. The maximum atomic E-state index is 6.05. The van der Waals surface area contributed by atoms with Gasteiger partial charge in [-0.1, -0.05) is 18.2 Å². The van der Waals surface area contributed by atoms with E-state index in [4.69, 9.17) is 10.5 Å². The van der Waals surface area contributed by atoms with Gasteiger partial charge >= 0.3 is 0 Å². The number of aryl methyl sites for hydroxylation is 2. The molecule has 2 N–H and O–H groups in total. The number of fused-ring (bicyclic) bond motifs is 1. The molecular formula is C16H19N3OS. The molecule has 0 bridgehead atoms. The van der Waals surface area contributed by atoms with Crippen molar-refractivity contribution in [2.45, 2.75) is 27.0 Å². The lowest BCUT2D eigenvalue weighted by atomic mass is 10.1. The first kappa shape index (κ1) is 14.1. The summed E-state index contributed by atoms with van der Waals surface area (Å²) in [5.74, 6) is 0.871. The van der Waals surface area contributed by atoms with Gasteiger partial charge < -0.3 is 10.5 Å². The lowest BCUT2D eigenvalue weighted by molar-refractivity contribution is 0.302. The first-order valence-electron chi connectivity index (χ1n) is 6.94. The molecule has 0 aliphatic carbocycles. The average Bonchev–Trinajstić information content (AvgIpc) is 2.95. The van der Waals surface area contributed by atoms with E-state index in [2.05, 4.69) is 29.4 Å². The van der Waals surface area contributed by atoms with Crippen molar-refractivity contribution in [3.8, 4) is 5.75 Å². The Kier molecular flexibility index (Phi) is 3.69. The Hall–Kier alpha value is -1.85. The van der Waals surface area contributed by atoms with E-state index < -0.39 is 0 Å². The third-order valence-electron chi connectivity index (χ3n) is 3.77. The molecule has 2 aromatic heterocycles. The van der Waals surface area contributed by atoms with Gasteiger partial charge in [0.05, 0.1) is 5.69 Å². The highest BCUT2D eigenvalue weighted by molar-refractivity contribution is 7.19. The first-order valence-corrected chi connectivity index (χ1v) is 7.75. The van der Waals surface area contributed by atoms with Crippen LogP contribution in [0.25, 0.3) is 10.1 Å². The monoisotopic (exact) mass is 301 g/mol. The molecule has 0 aliphatic heterocycles. The average molecular weight is 301 g/mol. The lowest BCUT2D eigenvalue weighted by Gasteiger charge is -2.08. The summed E-state index contributed by atoms with van der Waals surface area (Å²) in [5.41, 5.74) is 9.04. The molecule has 4 nitrogen and oxygen atoms in total. The Labute approximate surface area is 128 Å². The molecule has 0 radical (unpaired) electrons. The van der Waals surface area contributed by atoms with E-state index in [0.717, 1.165) is 17.1 Å². The molecule has 3 rings (SSSR count). The molecule has 0 fully saturated rings. The molecule has 0 unspecified atom stereocenters. The number of hydrogen-bond donors (Lipinski definition) is 1. The number of ether oxygens (including phenoxy) is 1. The van der Waals surface area contributed by atoms with Gasteiger partial charge in [-0.3, -0.25) is 4.68 Å². The van der Waals surface area contributed by atoms with Crippen molar-refractivity contribution < 1.29 is 4.74 Å². The van der Waals surface area contributed by atoms with Gasteiger partial charge in [0.1, 0.15) is 12.3 Å². The summed E-state index contributed by atoms with van der Waals surface area (Å²) in [6.07, 6.45) is 0. The number of aromatic nitrogens is 2. The highest BCUT2D eigenvalue weighted by atomic mass is 32.1. The largest absolute Gasteiger partial charge is 0.485 e. The van der Waals surface area contributed by atoms with Gasteiger partial charge in [-0.2, -0.15) is 5.10 Å². The summed E-state index contributed by atoms with van der Waals surface area (Å²) < 4.78 is 9.16. The minimum Gasteiger partial charge on any atom is -0.485 e. The van der Waals surface area contributed by atoms with E-state index in [-0.39, 0.29) is 0 Å². The normalized spacial score (nSPS) is 11.2. The molecule has 5 heteroatoms. The maximum Gasteiger partial charge on any atom is 0.163 e. The number of nitrogens with zero attached hydrogens (tertiary/aromatic N) is 2. The second-order valence-electron chi connectivity index (χ2n) is 5.12. The smallest absolute Gasteiger partial charge is 0.163 e. The number of thiophene rings is 1. The minimum absolute atomic E-state index is 0.532. The third-order valence-corrected chi connectivity index (χ3v) is 5.01. The van der Waals surface area contributed by atoms with Gasteiger partial charge in [0.25, 0.3) is 0 Å². The van der Waals surface area contributed by atoms with E-state index in [9.17, 15) is 0 Å². The van der Waals surface area contributed by atoms with E-state index >= 15 is 0 Å². The fraction of sp³-hybridized carbons (Fsp3) is 0.312. The highest BCUT2D eigenvalue weighted by Gasteiger charge is 2.15. The van der Waals surface area contributed by atoms with Gasteiger partial charge in [0.2, 0.25) is 0 Å². The lowest BCUT2D eigenvalue weighted by Crippen LogP contribution is -2.02. The number of rotatable bonds is 4. The molecule has 21 heavy (non-hydrogen) atoms. The van der Waals surface area contributed by atoms with Crippen molar-refractivity contribution in [2.24, 2.45) is 12.8 Å². The van der Waals surface area contributed by atoms with Crippen LogP contribution in [0.2, 0.25) is 0 Å². The molecule has 0 aliphatic rings. The van der Waals surface area contributed by atoms with Crippen molar-refractivity contribution in [3.05, 3.63) is 46.1 Å². The van der Waals surface area contributed by atoms with Gasteiger partial charge in [0, 0.05) is 28.7 Å². The molecule has 1 aromatic carbocycles. The van der Waals surface area contributed by atoms with Crippen LogP contribution in [0.4, 0.5) is 0 Å². The Morgan fingerprint density at radius 1 is 1.29 bits per heavy atom. The van der Waals surface area contributed by atoms with E-state index in [1.165, 1.54) is 20.5 Å². The molecule has 3 aromatic rings. The predicted octanol–water partition coefficient (Wildman–Crippen LogP) is 3.29. The van der Waals surface area contributed by atoms with Crippen LogP contribution < -0.4 is 10.5 Å². The van der Waals surface area contributed by atoms with Gasteiger partial charge in [0.15, 0.2) is 5.75 Å². The fourth-order valence-corrected chi connectivity index (χ4v) is 3.67. The van der Waals surface area contributed by atoms with Crippen LogP contribution in [-0.4, -0.2) is 9.78 Å². The maximum absolute atomic E-state index is 6.05. The van der Waals surface area contributed by atoms with Crippen LogP contribution in [0.5, 0.6) is 5.75 Å². The molecular weight excluding hydrogens is 282 g/mol. The van der Waals surface area contributed by atoms with Crippen molar-refractivity contribution in [3.63, 3.8) is 0 Å². The van der Waals surface area contributed by atoms with Crippen molar-refractivity contribution >= 4 is 21.4 Å². The topological polar surface area (TPSA) is 53.1 Å². The van der Waals surface area contributed by atoms with Gasteiger partial charge in [-0.15, -0.1) is 11.3 Å². The van der Waals surface area contributed by atoms with Crippen LogP contribution >= 0.6 is 11.3 Å². The second kappa shape index (κ2) is 5.50. The minimum atomic E-state index is 0.532. The van der Waals surface area contributed by atoms with E-state index in [0.29, 0.717) is 13.2 Å². The molecule has 0 saturated carbocycles. The summed E-state index contributed by atoms with van der Waals surface area (Å²) >= 11 is 1.75. The number of benzene rings is 1. The van der Waals surface area contributed by atoms with Crippen LogP contribution in [0.15, 0.2) is 24.3 Å². The fourth-order valence-electron chi connectivity index (χ4n) is 2.58. The molecule has 0 atom stereocenters. The van der Waals surface area contributed by atoms with Crippen molar-refractivity contribution in [1.29, 1.82) is 0 Å². The molecule has 0 saturated heterocycles. The summed E-state index contributed by atoms with van der Waals surface area (Å²) in [6, 6.07) is 8.37. The Balaban J connectivity index is 1.94. The SMILES string of the molecule is Cc1nn(C)c(C)c1OCc1c(CN)sc2ccccc12. The Morgan fingerprint density at radius 2 is 2.05 bits per heavy atom. The van der Waals surface area contributed by atoms with Crippen LogP contribution in [0.3, 0.4) is 0 Å². The summed E-state index contributed by atoms with van der Waals surface area (Å²) in [6.45, 7) is 5.07. The predicted molar refractivity (Wildman–Crippen MR) is 86.7 cm³/mol. The summed E-state index contributed by atoms with van der Waals surface area (Å²) in [7, 11) is 1.93. The standard InChI is InChI=1S/C16H19N3OS/c1-10-16(11(2)19(3)18-10)20-9-13-12-6-4-5-7-14(12)21-15(13)8-17/h4-7H,8-9,17H2,1-3H3. The summed E-state index contributed by atoms with van der Waals surface area (Å²) in [4.78, 5) is 1.19.